The maximum Gasteiger partial charge on any atom is 0.115 e. The van der Waals surface area contributed by atoms with Gasteiger partial charge in [-0.05, 0) is 33.1 Å². The van der Waals surface area contributed by atoms with Crippen LogP contribution in [0.25, 0.3) is 0 Å². The Bertz CT molecular complexity index is 263. The third-order valence-electron chi connectivity index (χ3n) is 4.43. The Morgan fingerprint density at radius 1 is 0.609 bits per heavy atom. The minimum absolute atomic E-state index is 0.0333. The highest BCUT2D eigenvalue weighted by atomic mass is 16.6. The van der Waals surface area contributed by atoms with E-state index in [2.05, 4.69) is 34.6 Å². The van der Waals surface area contributed by atoms with E-state index in [1.807, 2.05) is 0 Å². The highest BCUT2D eigenvalue weighted by molar-refractivity contribution is 4.92. The first-order chi connectivity index (χ1) is 11.2. The zero-order chi connectivity index (χ0) is 17.1. The molecule has 1 aliphatic heterocycles. The Labute approximate surface area is 143 Å². The van der Waals surface area contributed by atoms with Crippen LogP contribution >= 0.6 is 0 Å². The van der Waals surface area contributed by atoms with Crippen molar-refractivity contribution in [3.05, 3.63) is 0 Å². The average Bonchev–Trinajstić information content (AvgIpc) is 2.53. The SMILES string of the molecule is CCCCOC1C(C)OC(C)C(OCCCC)C1OCCCC. The molecule has 0 aromatic carbocycles. The summed E-state index contributed by atoms with van der Waals surface area (Å²) < 4.78 is 24.6. The Balaban J connectivity index is 2.71. The number of ether oxygens (including phenoxy) is 4. The van der Waals surface area contributed by atoms with E-state index in [-0.39, 0.29) is 30.5 Å². The summed E-state index contributed by atoms with van der Waals surface area (Å²) >= 11 is 0. The fourth-order valence-corrected chi connectivity index (χ4v) is 2.96. The predicted molar refractivity (Wildman–Crippen MR) is 94.0 cm³/mol. The van der Waals surface area contributed by atoms with E-state index in [0.29, 0.717) is 0 Å². The molecular weight excluding hydrogens is 292 g/mol. The largest absolute Gasteiger partial charge is 0.373 e. The highest BCUT2D eigenvalue weighted by Gasteiger charge is 2.44. The smallest absolute Gasteiger partial charge is 0.115 e. The fourth-order valence-electron chi connectivity index (χ4n) is 2.96. The monoisotopic (exact) mass is 330 g/mol. The second-order valence-corrected chi connectivity index (χ2v) is 6.61. The molecule has 4 atom stereocenters. The summed E-state index contributed by atoms with van der Waals surface area (Å²) in [7, 11) is 0. The standard InChI is InChI=1S/C19H38O4/c1-6-9-12-20-17-15(4)23-16(5)18(21-13-10-7-2)19(17)22-14-11-8-3/h15-19H,6-14H2,1-5H3. The highest BCUT2D eigenvalue weighted by Crippen LogP contribution is 2.28. The van der Waals surface area contributed by atoms with Crippen molar-refractivity contribution >= 4 is 0 Å². The molecule has 4 heteroatoms. The van der Waals surface area contributed by atoms with Crippen LogP contribution in [0.15, 0.2) is 0 Å². The minimum Gasteiger partial charge on any atom is -0.373 e. The van der Waals surface area contributed by atoms with Crippen molar-refractivity contribution in [2.45, 2.75) is 104 Å². The van der Waals surface area contributed by atoms with Gasteiger partial charge in [-0.3, -0.25) is 0 Å². The van der Waals surface area contributed by atoms with Gasteiger partial charge in [0.1, 0.15) is 18.3 Å². The van der Waals surface area contributed by atoms with Gasteiger partial charge in [0.25, 0.3) is 0 Å². The maximum atomic E-state index is 6.22. The number of hydrogen-bond donors (Lipinski definition) is 0. The van der Waals surface area contributed by atoms with Gasteiger partial charge in [0.2, 0.25) is 0 Å². The molecule has 0 aliphatic carbocycles. The third kappa shape index (κ3) is 7.08. The van der Waals surface area contributed by atoms with Gasteiger partial charge in [0.15, 0.2) is 0 Å². The van der Waals surface area contributed by atoms with Gasteiger partial charge in [0, 0.05) is 19.8 Å². The van der Waals surface area contributed by atoms with Crippen LogP contribution in [0.4, 0.5) is 0 Å². The van der Waals surface area contributed by atoms with Crippen LogP contribution in [0.1, 0.15) is 73.1 Å². The first kappa shape index (κ1) is 20.9. The number of rotatable bonds is 12. The van der Waals surface area contributed by atoms with Gasteiger partial charge in [-0.25, -0.2) is 0 Å². The summed E-state index contributed by atoms with van der Waals surface area (Å²) in [5.74, 6) is 0. The van der Waals surface area contributed by atoms with E-state index < -0.39 is 0 Å². The van der Waals surface area contributed by atoms with Gasteiger partial charge in [-0.2, -0.15) is 0 Å². The lowest BCUT2D eigenvalue weighted by Gasteiger charge is -2.44. The lowest BCUT2D eigenvalue weighted by Crippen LogP contribution is -2.58. The van der Waals surface area contributed by atoms with Crippen molar-refractivity contribution in [3.8, 4) is 0 Å². The third-order valence-corrected chi connectivity index (χ3v) is 4.43. The van der Waals surface area contributed by atoms with Crippen molar-refractivity contribution in [1.82, 2.24) is 0 Å². The maximum absolute atomic E-state index is 6.22. The summed E-state index contributed by atoms with van der Waals surface area (Å²) in [4.78, 5) is 0. The normalized spacial score (nSPS) is 31.4. The molecule has 1 rings (SSSR count). The zero-order valence-corrected chi connectivity index (χ0v) is 15.9. The predicted octanol–water partition coefficient (Wildman–Crippen LogP) is 4.35. The van der Waals surface area contributed by atoms with Crippen LogP contribution in [0.5, 0.6) is 0 Å². The second-order valence-electron chi connectivity index (χ2n) is 6.61. The van der Waals surface area contributed by atoms with E-state index in [0.717, 1.165) is 58.3 Å². The summed E-state index contributed by atoms with van der Waals surface area (Å²) in [5, 5.41) is 0. The van der Waals surface area contributed by atoms with Crippen molar-refractivity contribution < 1.29 is 18.9 Å². The van der Waals surface area contributed by atoms with E-state index in [1.165, 1.54) is 0 Å². The quantitative estimate of drug-likeness (QED) is 0.499. The van der Waals surface area contributed by atoms with Crippen LogP contribution in [0, 0.1) is 0 Å². The molecule has 23 heavy (non-hydrogen) atoms. The molecule has 0 bridgehead atoms. The van der Waals surface area contributed by atoms with Crippen LogP contribution in [-0.4, -0.2) is 50.3 Å². The van der Waals surface area contributed by atoms with Gasteiger partial charge >= 0.3 is 0 Å². The van der Waals surface area contributed by atoms with Gasteiger partial charge in [-0.1, -0.05) is 40.0 Å². The van der Waals surface area contributed by atoms with Crippen molar-refractivity contribution in [1.29, 1.82) is 0 Å². The van der Waals surface area contributed by atoms with E-state index >= 15 is 0 Å². The van der Waals surface area contributed by atoms with E-state index in [9.17, 15) is 0 Å². The molecule has 1 aliphatic rings. The molecule has 0 saturated carbocycles. The Morgan fingerprint density at radius 3 is 1.30 bits per heavy atom. The topological polar surface area (TPSA) is 36.9 Å². The first-order valence-electron chi connectivity index (χ1n) is 9.65. The molecule has 0 spiro atoms. The minimum atomic E-state index is -0.0405. The number of hydrogen-bond acceptors (Lipinski definition) is 4. The lowest BCUT2D eigenvalue weighted by atomic mass is 9.95. The molecule has 138 valence electrons. The molecule has 4 unspecified atom stereocenters. The fraction of sp³-hybridized carbons (Fsp3) is 1.00. The lowest BCUT2D eigenvalue weighted by molar-refractivity contribution is -0.250. The average molecular weight is 331 g/mol. The van der Waals surface area contributed by atoms with Crippen LogP contribution < -0.4 is 0 Å². The van der Waals surface area contributed by atoms with Gasteiger partial charge in [-0.15, -0.1) is 0 Å². The molecule has 0 aromatic rings. The van der Waals surface area contributed by atoms with Crippen LogP contribution in [0.3, 0.4) is 0 Å². The van der Waals surface area contributed by atoms with Crippen LogP contribution in [0.2, 0.25) is 0 Å². The zero-order valence-electron chi connectivity index (χ0n) is 15.9. The Hall–Kier alpha value is -0.160. The molecule has 1 saturated heterocycles. The molecule has 0 radical (unpaired) electrons. The summed E-state index contributed by atoms with van der Waals surface area (Å²) in [6.07, 6.45) is 6.59. The Kier molecular flexibility index (Phi) is 11.1. The van der Waals surface area contributed by atoms with Crippen molar-refractivity contribution in [3.63, 3.8) is 0 Å². The van der Waals surface area contributed by atoms with E-state index in [1.54, 1.807) is 0 Å². The van der Waals surface area contributed by atoms with Gasteiger partial charge in [0.05, 0.1) is 12.2 Å². The van der Waals surface area contributed by atoms with Crippen LogP contribution in [-0.2, 0) is 18.9 Å². The van der Waals surface area contributed by atoms with Crippen molar-refractivity contribution in [2.75, 3.05) is 19.8 Å². The first-order valence-corrected chi connectivity index (χ1v) is 9.65. The summed E-state index contributed by atoms with van der Waals surface area (Å²) in [6.45, 7) is 13.0. The Morgan fingerprint density at radius 2 is 0.957 bits per heavy atom. The molecular formula is C19H38O4. The molecule has 1 heterocycles. The summed E-state index contributed by atoms with van der Waals surface area (Å²) in [6, 6.07) is 0. The molecule has 0 amide bonds. The number of unbranched alkanes of at least 4 members (excludes halogenated alkanes) is 3. The second kappa shape index (κ2) is 12.2. The molecule has 0 N–H and O–H groups in total. The molecule has 1 fully saturated rings. The van der Waals surface area contributed by atoms with Crippen molar-refractivity contribution in [2.24, 2.45) is 0 Å². The van der Waals surface area contributed by atoms with E-state index in [4.69, 9.17) is 18.9 Å². The van der Waals surface area contributed by atoms with Gasteiger partial charge < -0.3 is 18.9 Å². The molecule has 0 aromatic heterocycles. The summed E-state index contributed by atoms with van der Waals surface area (Å²) in [5.41, 5.74) is 0. The molecule has 4 nitrogen and oxygen atoms in total.